The number of halogens is 2. The Morgan fingerprint density at radius 3 is 2.20 bits per heavy atom. The largest absolute Gasteiger partial charge is 0.469 e. The second-order valence-electron chi connectivity index (χ2n) is 4.67. The maximum absolute atomic E-state index is 13.1. The van der Waals surface area contributed by atoms with Crippen LogP contribution in [0.5, 0.6) is 0 Å². The Morgan fingerprint density at radius 2 is 1.93 bits per heavy atom. The van der Waals surface area contributed by atoms with Crippen molar-refractivity contribution >= 4 is 5.97 Å². The quantitative estimate of drug-likeness (QED) is 0.724. The molecule has 15 heavy (non-hydrogen) atoms. The number of aliphatic hydroxyl groups is 1. The summed E-state index contributed by atoms with van der Waals surface area (Å²) in [6.07, 6.45) is -1.07. The standard InChI is InChI=1S/C10H16F2O3/c1-8(2,14)9(7(13)15-3)4-5-10(11,12)6-9/h14H,4-6H2,1-3H3. The third-order valence-corrected chi connectivity index (χ3v) is 3.23. The fourth-order valence-electron chi connectivity index (χ4n) is 2.16. The van der Waals surface area contributed by atoms with Crippen molar-refractivity contribution in [2.45, 2.75) is 44.6 Å². The average Bonchev–Trinajstić information content (AvgIpc) is 2.40. The van der Waals surface area contributed by atoms with Crippen LogP contribution in [0.25, 0.3) is 0 Å². The summed E-state index contributed by atoms with van der Waals surface area (Å²) in [5.74, 6) is -3.65. The normalized spacial score (nSPS) is 30.3. The van der Waals surface area contributed by atoms with Gasteiger partial charge in [0.25, 0.3) is 0 Å². The highest BCUT2D eigenvalue weighted by atomic mass is 19.3. The summed E-state index contributed by atoms with van der Waals surface area (Å²) < 4.78 is 30.8. The van der Waals surface area contributed by atoms with Crippen molar-refractivity contribution in [3.05, 3.63) is 0 Å². The number of carbonyl (C=O) groups is 1. The van der Waals surface area contributed by atoms with Crippen molar-refractivity contribution in [3.8, 4) is 0 Å². The Labute approximate surface area is 87.4 Å². The molecular weight excluding hydrogens is 206 g/mol. The predicted octanol–water partition coefficient (Wildman–Crippen LogP) is 1.74. The van der Waals surface area contributed by atoms with Gasteiger partial charge in [0.05, 0.1) is 12.7 Å². The zero-order valence-corrected chi connectivity index (χ0v) is 9.14. The van der Waals surface area contributed by atoms with Gasteiger partial charge in [0.2, 0.25) is 5.92 Å². The molecule has 3 nitrogen and oxygen atoms in total. The van der Waals surface area contributed by atoms with E-state index < -0.39 is 29.3 Å². The summed E-state index contributed by atoms with van der Waals surface area (Å²) in [6.45, 7) is 2.73. The fraction of sp³-hybridized carbons (Fsp3) is 0.900. The van der Waals surface area contributed by atoms with E-state index in [-0.39, 0.29) is 12.8 Å². The van der Waals surface area contributed by atoms with Crippen molar-refractivity contribution in [2.24, 2.45) is 5.41 Å². The molecule has 1 atom stereocenters. The topological polar surface area (TPSA) is 46.5 Å². The minimum atomic E-state index is -2.89. The summed E-state index contributed by atoms with van der Waals surface area (Å²) in [5, 5.41) is 9.87. The summed E-state index contributed by atoms with van der Waals surface area (Å²) >= 11 is 0. The molecule has 5 heteroatoms. The van der Waals surface area contributed by atoms with Crippen LogP contribution >= 0.6 is 0 Å². The Hall–Kier alpha value is -0.710. The van der Waals surface area contributed by atoms with E-state index in [2.05, 4.69) is 4.74 Å². The molecule has 1 aliphatic rings. The third-order valence-electron chi connectivity index (χ3n) is 3.23. The first-order valence-electron chi connectivity index (χ1n) is 4.83. The number of esters is 1. The number of hydrogen-bond acceptors (Lipinski definition) is 3. The Kier molecular flexibility index (Phi) is 2.80. The highest BCUT2D eigenvalue weighted by Crippen LogP contribution is 2.53. The molecule has 88 valence electrons. The molecule has 0 bridgehead atoms. The first kappa shape index (κ1) is 12.4. The van der Waals surface area contributed by atoms with Crippen LogP contribution in [-0.2, 0) is 9.53 Å². The SMILES string of the molecule is COC(=O)C1(C(C)(C)O)CCC(F)(F)C1. The van der Waals surface area contributed by atoms with E-state index in [9.17, 15) is 18.7 Å². The molecule has 0 aromatic heterocycles. The molecule has 1 aliphatic carbocycles. The zero-order valence-electron chi connectivity index (χ0n) is 9.14. The van der Waals surface area contributed by atoms with Crippen molar-refractivity contribution in [3.63, 3.8) is 0 Å². The molecule has 0 spiro atoms. The lowest BCUT2D eigenvalue weighted by Crippen LogP contribution is -2.49. The minimum Gasteiger partial charge on any atom is -0.469 e. The highest BCUT2D eigenvalue weighted by molar-refractivity contribution is 5.78. The van der Waals surface area contributed by atoms with E-state index in [0.29, 0.717) is 0 Å². The second kappa shape index (κ2) is 3.40. The molecule has 0 amide bonds. The van der Waals surface area contributed by atoms with Gasteiger partial charge in [-0.2, -0.15) is 0 Å². The maximum Gasteiger partial charge on any atom is 0.314 e. The van der Waals surface area contributed by atoms with Crippen LogP contribution in [0, 0.1) is 5.41 Å². The molecule has 0 saturated heterocycles. The van der Waals surface area contributed by atoms with Crippen LogP contribution < -0.4 is 0 Å². The summed E-state index contributed by atoms with van der Waals surface area (Å²) in [4.78, 5) is 11.6. The molecule has 0 radical (unpaired) electrons. The van der Waals surface area contributed by atoms with E-state index >= 15 is 0 Å². The second-order valence-corrected chi connectivity index (χ2v) is 4.67. The molecule has 0 heterocycles. The molecule has 1 rings (SSSR count). The monoisotopic (exact) mass is 222 g/mol. The van der Waals surface area contributed by atoms with Crippen molar-refractivity contribution < 1.29 is 23.4 Å². The van der Waals surface area contributed by atoms with Gasteiger partial charge < -0.3 is 9.84 Å². The predicted molar refractivity (Wildman–Crippen MR) is 49.5 cm³/mol. The molecule has 0 aromatic carbocycles. The summed E-state index contributed by atoms with van der Waals surface area (Å²) in [5.41, 5.74) is -2.98. The zero-order chi connectivity index (χ0) is 11.9. The fourth-order valence-corrected chi connectivity index (χ4v) is 2.16. The van der Waals surface area contributed by atoms with E-state index in [1.807, 2.05) is 0 Å². The molecule has 0 aliphatic heterocycles. The van der Waals surface area contributed by atoms with Crippen LogP contribution in [-0.4, -0.2) is 29.7 Å². The smallest absolute Gasteiger partial charge is 0.314 e. The Balaban J connectivity index is 3.06. The highest BCUT2D eigenvalue weighted by Gasteiger charge is 2.61. The van der Waals surface area contributed by atoms with Crippen LogP contribution in [0.4, 0.5) is 8.78 Å². The van der Waals surface area contributed by atoms with Gasteiger partial charge in [0.1, 0.15) is 5.41 Å². The lowest BCUT2D eigenvalue weighted by atomic mass is 9.72. The molecule has 1 saturated carbocycles. The van der Waals surface area contributed by atoms with E-state index in [1.54, 1.807) is 0 Å². The first-order valence-corrected chi connectivity index (χ1v) is 4.83. The maximum atomic E-state index is 13.1. The van der Waals surface area contributed by atoms with Crippen molar-refractivity contribution in [1.82, 2.24) is 0 Å². The summed E-state index contributed by atoms with van der Waals surface area (Å²) in [6, 6.07) is 0. The van der Waals surface area contributed by atoms with Crippen LogP contribution in [0.15, 0.2) is 0 Å². The Morgan fingerprint density at radius 1 is 1.40 bits per heavy atom. The van der Waals surface area contributed by atoms with Gasteiger partial charge in [-0.3, -0.25) is 4.79 Å². The third kappa shape index (κ3) is 1.97. The molecular formula is C10H16F2O3. The molecule has 1 unspecified atom stereocenters. The average molecular weight is 222 g/mol. The lowest BCUT2D eigenvalue weighted by molar-refractivity contribution is -0.171. The number of methoxy groups -OCH3 is 1. The number of hydrogen-bond donors (Lipinski definition) is 1. The van der Waals surface area contributed by atoms with Crippen LogP contribution in [0.3, 0.4) is 0 Å². The van der Waals surface area contributed by atoms with Crippen molar-refractivity contribution in [1.29, 1.82) is 0 Å². The molecule has 1 fully saturated rings. The van der Waals surface area contributed by atoms with E-state index in [1.165, 1.54) is 13.8 Å². The van der Waals surface area contributed by atoms with Gasteiger partial charge in [0, 0.05) is 12.8 Å². The molecule has 0 aromatic rings. The first-order chi connectivity index (χ1) is 6.65. The van der Waals surface area contributed by atoms with Gasteiger partial charge in [-0.25, -0.2) is 8.78 Å². The van der Waals surface area contributed by atoms with Gasteiger partial charge in [-0.05, 0) is 20.3 Å². The van der Waals surface area contributed by atoms with Gasteiger partial charge in [-0.15, -0.1) is 0 Å². The molecule has 1 N–H and O–H groups in total. The van der Waals surface area contributed by atoms with Gasteiger partial charge >= 0.3 is 5.97 Å². The minimum absolute atomic E-state index is 0.0455. The lowest BCUT2D eigenvalue weighted by Gasteiger charge is -2.37. The van der Waals surface area contributed by atoms with Crippen LogP contribution in [0.1, 0.15) is 33.1 Å². The van der Waals surface area contributed by atoms with E-state index in [4.69, 9.17) is 0 Å². The summed E-state index contributed by atoms with van der Waals surface area (Å²) in [7, 11) is 1.15. The number of ether oxygens (including phenoxy) is 1. The number of alkyl halides is 2. The van der Waals surface area contributed by atoms with Gasteiger partial charge in [-0.1, -0.05) is 0 Å². The van der Waals surface area contributed by atoms with Crippen molar-refractivity contribution in [2.75, 3.05) is 7.11 Å². The number of carbonyl (C=O) groups excluding carboxylic acids is 1. The van der Waals surface area contributed by atoms with E-state index in [0.717, 1.165) is 7.11 Å². The Bertz CT molecular complexity index is 270. The van der Waals surface area contributed by atoms with Gasteiger partial charge in [0.15, 0.2) is 0 Å². The number of rotatable bonds is 2. The van der Waals surface area contributed by atoms with Crippen LogP contribution in [0.2, 0.25) is 0 Å².